The van der Waals surface area contributed by atoms with E-state index >= 15 is 0 Å². The second kappa shape index (κ2) is 3.72. The molecule has 2 nitrogen and oxygen atoms in total. The number of fused-ring (bicyclic) bond motifs is 1. The molecule has 0 atom stereocenters. The maximum atomic E-state index is 5.77. The summed E-state index contributed by atoms with van der Waals surface area (Å²) in [5, 5.41) is 0.310. The maximum Gasteiger partial charge on any atom is 0.222 e. The van der Waals surface area contributed by atoms with E-state index in [2.05, 4.69) is 28.2 Å². The third kappa shape index (κ3) is 1.61. The van der Waals surface area contributed by atoms with Crippen molar-refractivity contribution >= 4 is 23.3 Å². The van der Waals surface area contributed by atoms with Gasteiger partial charge >= 0.3 is 0 Å². The van der Waals surface area contributed by atoms with Crippen LogP contribution in [0.3, 0.4) is 0 Å². The van der Waals surface area contributed by atoms with Crippen LogP contribution in [0.5, 0.6) is 0 Å². The quantitative estimate of drug-likeness (QED) is 0.701. The average Bonchev–Trinajstić information content (AvgIpc) is 2.73. The lowest BCUT2D eigenvalue weighted by molar-refractivity contribution is 1.10. The number of hydrogen-bond acceptors (Lipinski definition) is 2. The van der Waals surface area contributed by atoms with Crippen LogP contribution < -0.4 is 0 Å². The van der Waals surface area contributed by atoms with E-state index in [1.54, 1.807) is 6.20 Å². The van der Waals surface area contributed by atoms with Crippen LogP contribution in [0.4, 0.5) is 0 Å². The van der Waals surface area contributed by atoms with Crippen molar-refractivity contribution in [3.05, 3.63) is 58.6 Å². The van der Waals surface area contributed by atoms with Gasteiger partial charge in [-0.15, -0.1) is 0 Å². The number of benzene rings is 1. The summed E-state index contributed by atoms with van der Waals surface area (Å²) >= 11 is 5.77. The Morgan fingerprint density at radius 3 is 2.75 bits per heavy atom. The Bertz CT molecular complexity index is 561. The van der Waals surface area contributed by atoms with Crippen molar-refractivity contribution in [3.8, 4) is 0 Å². The molecule has 2 aromatic rings. The molecule has 0 aliphatic heterocycles. The van der Waals surface area contributed by atoms with Crippen molar-refractivity contribution in [1.82, 2.24) is 9.97 Å². The molecule has 1 aromatic carbocycles. The van der Waals surface area contributed by atoms with Crippen LogP contribution in [0.1, 0.15) is 16.8 Å². The van der Waals surface area contributed by atoms with E-state index in [4.69, 9.17) is 11.6 Å². The van der Waals surface area contributed by atoms with Gasteiger partial charge in [0, 0.05) is 18.2 Å². The molecule has 0 unspecified atom stereocenters. The van der Waals surface area contributed by atoms with E-state index in [0.717, 1.165) is 17.7 Å². The van der Waals surface area contributed by atoms with Gasteiger partial charge in [0.05, 0.1) is 5.69 Å². The topological polar surface area (TPSA) is 25.8 Å². The molecule has 3 rings (SSSR count). The molecule has 1 heterocycles. The number of allylic oxidation sites excluding steroid dienone is 1. The van der Waals surface area contributed by atoms with Gasteiger partial charge in [0.1, 0.15) is 0 Å². The highest BCUT2D eigenvalue weighted by Gasteiger charge is 2.15. The fraction of sp³-hybridized carbons (Fsp3) is 0.0769. The minimum absolute atomic E-state index is 0.310. The zero-order chi connectivity index (χ0) is 11.0. The van der Waals surface area contributed by atoms with E-state index in [-0.39, 0.29) is 0 Å². The standard InChI is InChI=1S/C13H9ClN2/c14-13-15-8-11-6-10(7-12(11)16-13)9-4-2-1-3-5-9/h1-5,7-8H,6H2. The van der Waals surface area contributed by atoms with Crippen LogP contribution in [-0.4, -0.2) is 9.97 Å². The Morgan fingerprint density at radius 1 is 1.12 bits per heavy atom. The van der Waals surface area contributed by atoms with Crippen molar-refractivity contribution in [2.24, 2.45) is 0 Å². The summed E-state index contributed by atoms with van der Waals surface area (Å²) in [6, 6.07) is 10.3. The number of hydrogen-bond donors (Lipinski definition) is 0. The Kier molecular flexibility index (Phi) is 2.22. The van der Waals surface area contributed by atoms with Crippen molar-refractivity contribution in [2.75, 3.05) is 0 Å². The third-order valence-corrected chi connectivity index (χ3v) is 2.89. The van der Waals surface area contributed by atoms with E-state index < -0.39 is 0 Å². The molecule has 1 aliphatic rings. The van der Waals surface area contributed by atoms with Gasteiger partial charge in [-0.05, 0) is 28.8 Å². The van der Waals surface area contributed by atoms with Gasteiger partial charge < -0.3 is 0 Å². The van der Waals surface area contributed by atoms with E-state index in [9.17, 15) is 0 Å². The summed E-state index contributed by atoms with van der Waals surface area (Å²) < 4.78 is 0. The highest BCUT2D eigenvalue weighted by atomic mass is 35.5. The minimum Gasteiger partial charge on any atom is -0.226 e. The van der Waals surface area contributed by atoms with Gasteiger partial charge in [0.2, 0.25) is 5.28 Å². The largest absolute Gasteiger partial charge is 0.226 e. The zero-order valence-electron chi connectivity index (χ0n) is 8.52. The molecule has 16 heavy (non-hydrogen) atoms. The van der Waals surface area contributed by atoms with Crippen molar-refractivity contribution in [3.63, 3.8) is 0 Å². The van der Waals surface area contributed by atoms with Crippen LogP contribution in [-0.2, 0) is 6.42 Å². The molecule has 78 valence electrons. The highest BCUT2D eigenvalue weighted by Crippen LogP contribution is 2.30. The van der Waals surface area contributed by atoms with E-state index in [1.165, 1.54) is 11.1 Å². The number of aromatic nitrogens is 2. The zero-order valence-corrected chi connectivity index (χ0v) is 9.28. The first-order valence-electron chi connectivity index (χ1n) is 5.10. The lowest BCUT2D eigenvalue weighted by Crippen LogP contribution is -1.90. The molecule has 0 amide bonds. The maximum absolute atomic E-state index is 5.77. The number of nitrogens with zero attached hydrogens (tertiary/aromatic N) is 2. The Labute approximate surface area is 98.6 Å². The summed E-state index contributed by atoms with van der Waals surface area (Å²) in [6.45, 7) is 0. The number of halogens is 1. The second-order valence-electron chi connectivity index (χ2n) is 3.76. The Morgan fingerprint density at radius 2 is 1.94 bits per heavy atom. The summed E-state index contributed by atoms with van der Waals surface area (Å²) in [4.78, 5) is 8.21. The highest BCUT2D eigenvalue weighted by molar-refractivity contribution is 6.28. The SMILES string of the molecule is Clc1ncc2c(n1)C=C(c1ccccc1)C2. The van der Waals surface area contributed by atoms with E-state index in [0.29, 0.717) is 5.28 Å². The van der Waals surface area contributed by atoms with Crippen molar-refractivity contribution in [2.45, 2.75) is 6.42 Å². The summed E-state index contributed by atoms with van der Waals surface area (Å²) in [7, 11) is 0. The molecular formula is C13H9ClN2. The monoisotopic (exact) mass is 228 g/mol. The van der Waals surface area contributed by atoms with Crippen LogP contribution >= 0.6 is 11.6 Å². The van der Waals surface area contributed by atoms with Crippen molar-refractivity contribution < 1.29 is 0 Å². The predicted octanol–water partition coefficient (Wildman–Crippen LogP) is 3.23. The Hall–Kier alpha value is -1.67. The first-order valence-corrected chi connectivity index (χ1v) is 5.48. The molecule has 0 saturated heterocycles. The lowest BCUT2D eigenvalue weighted by atomic mass is 10.0. The summed E-state index contributed by atoms with van der Waals surface area (Å²) in [5.74, 6) is 0. The predicted molar refractivity (Wildman–Crippen MR) is 65.1 cm³/mol. The molecule has 0 saturated carbocycles. The summed E-state index contributed by atoms with van der Waals surface area (Å²) in [6.07, 6.45) is 4.77. The molecule has 1 aromatic heterocycles. The fourth-order valence-corrected chi connectivity index (χ4v) is 2.06. The van der Waals surface area contributed by atoms with Gasteiger partial charge in [-0.25, -0.2) is 9.97 Å². The van der Waals surface area contributed by atoms with E-state index in [1.807, 2.05) is 18.2 Å². The Balaban J connectivity index is 2.02. The number of rotatable bonds is 1. The molecule has 0 fully saturated rings. The summed E-state index contributed by atoms with van der Waals surface area (Å²) in [5.41, 5.74) is 4.59. The molecular weight excluding hydrogens is 220 g/mol. The first-order chi connectivity index (χ1) is 7.83. The molecule has 1 aliphatic carbocycles. The van der Waals surface area contributed by atoms with Crippen LogP contribution in [0.2, 0.25) is 5.28 Å². The van der Waals surface area contributed by atoms with Gasteiger partial charge in [-0.2, -0.15) is 0 Å². The minimum atomic E-state index is 0.310. The smallest absolute Gasteiger partial charge is 0.222 e. The second-order valence-corrected chi connectivity index (χ2v) is 4.10. The molecule has 0 spiro atoms. The van der Waals surface area contributed by atoms with Gasteiger partial charge in [0.25, 0.3) is 0 Å². The molecule has 0 N–H and O–H groups in total. The van der Waals surface area contributed by atoms with Gasteiger partial charge in [-0.3, -0.25) is 0 Å². The normalized spacial score (nSPS) is 13.4. The van der Waals surface area contributed by atoms with Gasteiger partial charge in [-0.1, -0.05) is 30.3 Å². The van der Waals surface area contributed by atoms with Crippen LogP contribution in [0.25, 0.3) is 11.6 Å². The lowest BCUT2D eigenvalue weighted by Gasteiger charge is -2.00. The molecule has 3 heteroatoms. The fourth-order valence-electron chi connectivity index (χ4n) is 1.92. The molecule has 0 radical (unpaired) electrons. The third-order valence-electron chi connectivity index (χ3n) is 2.71. The van der Waals surface area contributed by atoms with Crippen LogP contribution in [0, 0.1) is 0 Å². The first kappa shape index (κ1) is 9.55. The van der Waals surface area contributed by atoms with Gasteiger partial charge in [0.15, 0.2) is 0 Å². The van der Waals surface area contributed by atoms with Crippen molar-refractivity contribution in [1.29, 1.82) is 0 Å². The molecule has 0 bridgehead atoms. The van der Waals surface area contributed by atoms with Crippen LogP contribution in [0.15, 0.2) is 36.5 Å². The average molecular weight is 229 g/mol.